The number of hydrogen-bond donors (Lipinski definition) is 1. The van der Waals surface area contributed by atoms with Gasteiger partial charge in [0.05, 0.1) is 12.2 Å². The van der Waals surface area contributed by atoms with E-state index in [1.807, 2.05) is 46.4 Å². The Hall–Kier alpha value is -1.52. The van der Waals surface area contributed by atoms with Crippen molar-refractivity contribution in [1.29, 1.82) is 0 Å². The van der Waals surface area contributed by atoms with Crippen molar-refractivity contribution < 1.29 is 0 Å². The van der Waals surface area contributed by atoms with Crippen molar-refractivity contribution in [1.82, 2.24) is 9.38 Å². The number of aromatic nitrogens is 2. The molecule has 0 aliphatic rings. The van der Waals surface area contributed by atoms with Gasteiger partial charge in [-0.3, -0.25) is 4.40 Å². The molecule has 3 aromatic rings. The third-order valence-corrected chi connectivity index (χ3v) is 3.48. The average Bonchev–Trinajstić information content (AvgIpc) is 2.88. The molecule has 0 amide bonds. The monoisotopic (exact) mass is 263 g/mol. The standard InChI is InChI=1S/C12H10ClN3S/c13-9-1-3-10(4-2-9)14-7-11-8-16-5-6-17-12(16)15-11/h1-6,8,14H,7H2. The fourth-order valence-electron chi connectivity index (χ4n) is 1.62. The molecule has 0 atom stereocenters. The number of imidazole rings is 1. The zero-order chi connectivity index (χ0) is 11.7. The number of nitrogens with one attached hydrogen (secondary N) is 1. The van der Waals surface area contributed by atoms with Gasteiger partial charge in [-0.05, 0) is 24.3 Å². The zero-order valence-electron chi connectivity index (χ0n) is 8.93. The predicted molar refractivity (Wildman–Crippen MR) is 71.8 cm³/mol. The molecule has 0 aliphatic heterocycles. The summed E-state index contributed by atoms with van der Waals surface area (Å²) in [6.45, 7) is 0.718. The van der Waals surface area contributed by atoms with Gasteiger partial charge in [-0.25, -0.2) is 4.98 Å². The second-order valence-corrected chi connectivity index (χ2v) is 4.99. The minimum absolute atomic E-state index is 0.718. The Labute approximate surface area is 108 Å². The average molecular weight is 264 g/mol. The van der Waals surface area contributed by atoms with Crippen LogP contribution in [0.2, 0.25) is 5.02 Å². The lowest BCUT2D eigenvalue weighted by molar-refractivity contribution is 1.08. The lowest BCUT2D eigenvalue weighted by Gasteiger charge is -2.03. The van der Waals surface area contributed by atoms with Gasteiger partial charge < -0.3 is 5.32 Å². The number of fused-ring (bicyclic) bond motifs is 1. The van der Waals surface area contributed by atoms with Crippen molar-refractivity contribution in [2.45, 2.75) is 6.54 Å². The molecule has 0 bridgehead atoms. The highest BCUT2D eigenvalue weighted by atomic mass is 35.5. The number of hydrogen-bond acceptors (Lipinski definition) is 3. The summed E-state index contributed by atoms with van der Waals surface area (Å²) >= 11 is 7.46. The summed E-state index contributed by atoms with van der Waals surface area (Å²) in [5.41, 5.74) is 2.08. The topological polar surface area (TPSA) is 29.3 Å². The molecule has 3 nitrogen and oxygen atoms in total. The van der Waals surface area contributed by atoms with Gasteiger partial charge in [-0.15, -0.1) is 11.3 Å². The summed E-state index contributed by atoms with van der Waals surface area (Å²) in [7, 11) is 0. The highest BCUT2D eigenvalue weighted by Gasteiger charge is 2.01. The molecule has 0 saturated heterocycles. The Bertz CT molecular complexity index is 598. The normalized spacial score (nSPS) is 10.9. The lowest BCUT2D eigenvalue weighted by atomic mass is 10.3. The van der Waals surface area contributed by atoms with Crippen LogP contribution in [0.5, 0.6) is 0 Å². The maximum Gasteiger partial charge on any atom is 0.193 e. The van der Waals surface area contributed by atoms with E-state index in [2.05, 4.69) is 10.3 Å². The molecule has 0 spiro atoms. The van der Waals surface area contributed by atoms with Crippen LogP contribution in [-0.4, -0.2) is 9.38 Å². The fourth-order valence-corrected chi connectivity index (χ4v) is 2.47. The number of benzene rings is 1. The summed E-state index contributed by atoms with van der Waals surface area (Å²) in [4.78, 5) is 5.52. The second-order valence-electron chi connectivity index (χ2n) is 3.69. The quantitative estimate of drug-likeness (QED) is 0.781. The number of halogens is 1. The number of rotatable bonds is 3. The van der Waals surface area contributed by atoms with Crippen LogP contribution in [0.3, 0.4) is 0 Å². The molecule has 1 N–H and O–H groups in total. The van der Waals surface area contributed by atoms with Crippen LogP contribution in [0, 0.1) is 0 Å². The van der Waals surface area contributed by atoms with E-state index < -0.39 is 0 Å². The van der Waals surface area contributed by atoms with Crippen molar-refractivity contribution in [3.05, 3.63) is 52.8 Å². The Morgan fingerprint density at radius 3 is 2.88 bits per heavy atom. The van der Waals surface area contributed by atoms with Crippen molar-refractivity contribution in [2.75, 3.05) is 5.32 Å². The molecule has 2 aromatic heterocycles. The third-order valence-electron chi connectivity index (χ3n) is 2.46. The van der Waals surface area contributed by atoms with Crippen molar-refractivity contribution in [2.24, 2.45) is 0 Å². The van der Waals surface area contributed by atoms with E-state index in [0.717, 1.165) is 27.9 Å². The van der Waals surface area contributed by atoms with Crippen LogP contribution < -0.4 is 5.32 Å². The molecule has 0 unspecified atom stereocenters. The Morgan fingerprint density at radius 1 is 1.29 bits per heavy atom. The van der Waals surface area contributed by atoms with Crippen molar-refractivity contribution >= 4 is 33.6 Å². The largest absolute Gasteiger partial charge is 0.379 e. The Morgan fingerprint density at radius 2 is 2.12 bits per heavy atom. The number of nitrogens with zero attached hydrogens (tertiary/aromatic N) is 2. The molecule has 0 radical (unpaired) electrons. The minimum atomic E-state index is 0.718. The first-order valence-corrected chi connectivity index (χ1v) is 6.47. The number of anilines is 1. The minimum Gasteiger partial charge on any atom is -0.379 e. The fraction of sp³-hybridized carbons (Fsp3) is 0.0833. The highest BCUT2D eigenvalue weighted by Crippen LogP contribution is 2.15. The first-order chi connectivity index (χ1) is 8.31. The molecule has 5 heteroatoms. The zero-order valence-corrected chi connectivity index (χ0v) is 10.5. The van der Waals surface area contributed by atoms with Crippen LogP contribution >= 0.6 is 22.9 Å². The van der Waals surface area contributed by atoms with E-state index in [1.54, 1.807) is 11.3 Å². The van der Waals surface area contributed by atoms with E-state index in [4.69, 9.17) is 11.6 Å². The summed E-state index contributed by atoms with van der Waals surface area (Å²) in [5, 5.41) is 6.08. The summed E-state index contributed by atoms with van der Waals surface area (Å²) in [6.07, 6.45) is 4.05. The van der Waals surface area contributed by atoms with Gasteiger partial charge >= 0.3 is 0 Å². The lowest BCUT2D eigenvalue weighted by Crippen LogP contribution is -1.99. The van der Waals surface area contributed by atoms with Gasteiger partial charge in [0.25, 0.3) is 0 Å². The third kappa shape index (κ3) is 2.28. The first kappa shape index (κ1) is 10.6. The van der Waals surface area contributed by atoms with E-state index in [1.165, 1.54) is 0 Å². The summed E-state index contributed by atoms with van der Waals surface area (Å²) < 4.78 is 2.03. The van der Waals surface area contributed by atoms with E-state index in [9.17, 15) is 0 Å². The van der Waals surface area contributed by atoms with Crippen LogP contribution in [0.1, 0.15) is 5.69 Å². The molecule has 2 heterocycles. The van der Waals surface area contributed by atoms with Gasteiger partial charge in [0, 0.05) is 28.5 Å². The van der Waals surface area contributed by atoms with Crippen LogP contribution in [-0.2, 0) is 6.54 Å². The van der Waals surface area contributed by atoms with E-state index in [-0.39, 0.29) is 0 Å². The van der Waals surface area contributed by atoms with Crippen LogP contribution in [0.25, 0.3) is 4.96 Å². The predicted octanol–water partition coefficient (Wildman–Crippen LogP) is 3.66. The molecule has 86 valence electrons. The molecule has 0 fully saturated rings. The Balaban J connectivity index is 1.71. The van der Waals surface area contributed by atoms with Gasteiger partial charge in [-0.1, -0.05) is 11.6 Å². The maximum atomic E-state index is 5.83. The smallest absolute Gasteiger partial charge is 0.193 e. The maximum absolute atomic E-state index is 5.83. The SMILES string of the molecule is Clc1ccc(NCc2cn3ccsc3n2)cc1. The van der Waals surface area contributed by atoms with E-state index >= 15 is 0 Å². The van der Waals surface area contributed by atoms with Crippen LogP contribution in [0.15, 0.2) is 42.0 Å². The molecule has 0 aliphatic carbocycles. The summed E-state index contributed by atoms with van der Waals surface area (Å²) in [5.74, 6) is 0. The summed E-state index contributed by atoms with van der Waals surface area (Å²) in [6, 6.07) is 7.66. The first-order valence-electron chi connectivity index (χ1n) is 5.22. The highest BCUT2D eigenvalue weighted by molar-refractivity contribution is 7.15. The number of thiazole rings is 1. The van der Waals surface area contributed by atoms with Crippen molar-refractivity contribution in [3.8, 4) is 0 Å². The molecule has 0 saturated carbocycles. The van der Waals surface area contributed by atoms with Gasteiger partial charge in [0.2, 0.25) is 0 Å². The Kier molecular flexibility index (Phi) is 2.74. The van der Waals surface area contributed by atoms with E-state index in [0.29, 0.717) is 0 Å². The van der Waals surface area contributed by atoms with Gasteiger partial charge in [0.1, 0.15) is 0 Å². The second kappa shape index (κ2) is 4.39. The van der Waals surface area contributed by atoms with Gasteiger partial charge in [0.15, 0.2) is 4.96 Å². The molecule has 1 aromatic carbocycles. The molecule has 17 heavy (non-hydrogen) atoms. The molecular formula is C12H10ClN3S. The molecular weight excluding hydrogens is 254 g/mol. The van der Waals surface area contributed by atoms with Gasteiger partial charge in [-0.2, -0.15) is 0 Å². The van der Waals surface area contributed by atoms with Crippen molar-refractivity contribution in [3.63, 3.8) is 0 Å². The van der Waals surface area contributed by atoms with Crippen LogP contribution in [0.4, 0.5) is 5.69 Å². The molecule has 3 rings (SSSR count).